The zero-order chi connectivity index (χ0) is 24.5. The number of para-hydroxylation sites is 2. The molecular formula is C24H18Cl2N4O4S. The number of piperazine rings is 1. The lowest BCUT2D eigenvalue weighted by Crippen LogP contribution is -2.48. The third-order valence-corrected chi connectivity index (χ3v) is 7.47. The van der Waals surface area contributed by atoms with Gasteiger partial charge >= 0.3 is 0 Å². The molecule has 2 aliphatic rings. The fraction of sp³-hybridized carbons (Fsp3) is 0.167. The Balaban J connectivity index is 1.24. The Morgan fingerprint density at radius 2 is 1.74 bits per heavy atom. The maximum absolute atomic E-state index is 12.5. The predicted octanol–water partition coefficient (Wildman–Crippen LogP) is 5.95. The number of halogens is 2. The summed E-state index contributed by atoms with van der Waals surface area (Å²) < 4.78 is 5.88. The second kappa shape index (κ2) is 9.77. The molecule has 178 valence electrons. The third kappa shape index (κ3) is 4.93. The van der Waals surface area contributed by atoms with Crippen molar-refractivity contribution < 1.29 is 14.1 Å². The van der Waals surface area contributed by atoms with E-state index in [0.717, 1.165) is 5.56 Å². The van der Waals surface area contributed by atoms with E-state index in [1.165, 1.54) is 17.8 Å². The van der Waals surface area contributed by atoms with Crippen LogP contribution in [0, 0.1) is 10.1 Å². The summed E-state index contributed by atoms with van der Waals surface area (Å²) in [6.07, 6.45) is 1.67. The van der Waals surface area contributed by atoms with Crippen molar-refractivity contribution >= 4 is 63.5 Å². The van der Waals surface area contributed by atoms with Gasteiger partial charge in [0.15, 0.2) is 5.17 Å². The molecule has 0 unspecified atom stereocenters. The molecule has 0 spiro atoms. The normalized spacial score (nSPS) is 17.3. The van der Waals surface area contributed by atoms with Crippen molar-refractivity contribution in [3.05, 3.63) is 85.4 Å². The Bertz CT molecular complexity index is 1380. The maximum Gasteiger partial charge on any atom is 0.292 e. The van der Waals surface area contributed by atoms with Crippen LogP contribution in [-0.4, -0.2) is 47.1 Å². The van der Waals surface area contributed by atoms with Gasteiger partial charge in [-0.3, -0.25) is 14.9 Å². The van der Waals surface area contributed by atoms with Crippen LogP contribution in [0.3, 0.4) is 0 Å². The molecule has 0 bridgehead atoms. The molecule has 1 amide bonds. The fourth-order valence-electron chi connectivity index (χ4n) is 3.92. The van der Waals surface area contributed by atoms with Gasteiger partial charge in [0.05, 0.1) is 19.9 Å². The highest BCUT2D eigenvalue weighted by atomic mass is 35.5. The summed E-state index contributed by atoms with van der Waals surface area (Å²) in [5.74, 6) is 0.816. The minimum atomic E-state index is -0.365. The van der Waals surface area contributed by atoms with E-state index < -0.39 is 0 Å². The Morgan fingerprint density at radius 3 is 2.49 bits per heavy atom. The molecule has 0 N–H and O–H groups in total. The van der Waals surface area contributed by atoms with Crippen molar-refractivity contribution in [2.24, 2.45) is 4.99 Å². The second-order valence-electron chi connectivity index (χ2n) is 7.86. The summed E-state index contributed by atoms with van der Waals surface area (Å²) in [5, 5.41) is 12.9. The van der Waals surface area contributed by atoms with E-state index >= 15 is 0 Å². The molecule has 1 saturated heterocycles. The van der Waals surface area contributed by atoms with E-state index in [9.17, 15) is 14.9 Å². The topological polar surface area (TPSA) is 92.2 Å². The van der Waals surface area contributed by atoms with Gasteiger partial charge in [0.2, 0.25) is 0 Å². The van der Waals surface area contributed by atoms with Crippen molar-refractivity contribution in [1.29, 1.82) is 0 Å². The molecule has 0 saturated carbocycles. The smallest absolute Gasteiger partial charge is 0.292 e. The van der Waals surface area contributed by atoms with Gasteiger partial charge in [0.1, 0.15) is 17.2 Å². The number of carbonyl (C=O) groups is 1. The molecule has 3 aromatic rings. The van der Waals surface area contributed by atoms with Crippen molar-refractivity contribution in [2.75, 3.05) is 31.1 Å². The summed E-state index contributed by atoms with van der Waals surface area (Å²) >= 11 is 13.4. The second-order valence-corrected chi connectivity index (χ2v) is 9.68. The van der Waals surface area contributed by atoms with Gasteiger partial charge in [-0.2, -0.15) is 4.99 Å². The van der Waals surface area contributed by atoms with E-state index in [0.29, 0.717) is 63.5 Å². The van der Waals surface area contributed by atoms with Gasteiger partial charge in [-0.1, -0.05) is 35.3 Å². The van der Waals surface area contributed by atoms with Crippen molar-refractivity contribution in [3.8, 4) is 11.3 Å². The zero-order valence-corrected chi connectivity index (χ0v) is 20.5. The summed E-state index contributed by atoms with van der Waals surface area (Å²) in [5.41, 5.74) is 1.47. The van der Waals surface area contributed by atoms with Crippen molar-refractivity contribution in [1.82, 2.24) is 4.90 Å². The van der Waals surface area contributed by atoms with Crippen LogP contribution in [0.2, 0.25) is 10.0 Å². The summed E-state index contributed by atoms with van der Waals surface area (Å²) in [6.45, 7) is 2.37. The lowest BCUT2D eigenvalue weighted by molar-refractivity contribution is -0.384. The van der Waals surface area contributed by atoms with Crippen LogP contribution in [0.25, 0.3) is 17.4 Å². The highest BCUT2D eigenvalue weighted by Crippen LogP contribution is 2.34. The number of amides is 1. The minimum Gasteiger partial charge on any atom is -0.457 e. The molecule has 2 aliphatic heterocycles. The average molecular weight is 529 g/mol. The molecule has 5 rings (SSSR count). The first-order valence-corrected chi connectivity index (χ1v) is 12.3. The number of rotatable bonds is 4. The van der Waals surface area contributed by atoms with E-state index in [2.05, 4.69) is 4.99 Å². The molecule has 2 aromatic carbocycles. The number of thioether (sulfide) groups is 1. The van der Waals surface area contributed by atoms with Crippen LogP contribution >= 0.6 is 35.0 Å². The first kappa shape index (κ1) is 23.5. The predicted molar refractivity (Wildman–Crippen MR) is 139 cm³/mol. The standard InChI is InChI=1S/C24H18Cl2N4O4S/c25-17-7-5-15(13-18(17)26)21-8-6-16(34-21)14-22-23(31)27-24(35-22)29-11-9-28(10-12-29)19-3-1-2-4-20(19)30(32)33/h1-8,13-14H,9-12H2. The number of carbonyl (C=O) groups excluding carboxylic acids is 1. The largest absolute Gasteiger partial charge is 0.457 e. The van der Waals surface area contributed by atoms with Gasteiger partial charge in [-0.15, -0.1) is 0 Å². The van der Waals surface area contributed by atoms with Crippen LogP contribution in [0.15, 0.2) is 68.9 Å². The molecular weight excluding hydrogens is 511 g/mol. The van der Waals surface area contributed by atoms with E-state index in [4.69, 9.17) is 27.6 Å². The summed E-state index contributed by atoms with van der Waals surface area (Å²) in [7, 11) is 0. The van der Waals surface area contributed by atoms with Gasteiger partial charge in [0.25, 0.3) is 11.6 Å². The zero-order valence-electron chi connectivity index (χ0n) is 18.2. The number of furan rings is 1. The van der Waals surface area contributed by atoms with Crippen LogP contribution in [-0.2, 0) is 4.79 Å². The fourth-order valence-corrected chi connectivity index (χ4v) is 5.17. The lowest BCUT2D eigenvalue weighted by atomic mass is 10.2. The summed E-state index contributed by atoms with van der Waals surface area (Å²) in [4.78, 5) is 32.2. The molecule has 0 aliphatic carbocycles. The lowest BCUT2D eigenvalue weighted by Gasteiger charge is -2.36. The number of nitro benzene ring substituents is 1. The van der Waals surface area contributed by atoms with Crippen molar-refractivity contribution in [2.45, 2.75) is 0 Å². The first-order valence-electron chi connectivity index (χ1n) is 10.7. The molecule has 1 aromatic heterocycles. The number of hydrogen-bond donors (Lipinski definition) is 0. The molecule has 1 fully saturated rings. The van der Waals surface area contributed by atoms with Gasteiger partial charge in [0, 0.05) is 43.9 Å². The number of aliphatic imine (C=N–C) groups is 1. The number of benzene rings is 2. The number of hydrogen-bond acceptors (Lipinski definition) is 7. The van der Waals surface area contributed by atoms with Crippen molar-refractivity contribution in [3.63, 3.8) is 0 Å². The molecule has 8 nitrogen and oxygen atoms in total. The number of nitrogens with zero attached hydrogens (tertiary/aromatic N) is 4. The highest BCUT2D eigenvalue weighted by molar-refractivity contribution is 8.18. The van der Waals surface area contributed by atoms with E-state index in [1.807, 2.05) is 15.9 Å². The number of amidine groups is 1. The van der Waals surface area contributed by atoms with E-state index in [-0.39, 0.29) is 16.5 Å². The quantitative estimate of drug-likeness (QED) is 0.234. The van der Waals surface area contributed by atoms with Gasteiger partial charge < -0.3 is 14.2 Å². The van der Waals surface area contributed by atoms with Gasteiger partial charge in [-0.25, -0.2) is 0 Å². The molecule has 35 heavy (non-hydrogen) atoms. The first-order chi connectivity index (χ1) is 16.9. The molecule has 0 radical (unpaired) electrons. The molecule has 11 heteroatoms. The SMILES string of the molecule is O=C1N=C(N2CCN(c3ccccc3[N+](=O)[O-])CC2)SC1=Cc1ccc(-c2ccc(Cl)c(Cl)c2)o1. The Labute approximate surface area is 215 Å². The van der Waals surface area contributed by atoms with Crippen LogP contribution in [0.1, 0.15) is 5.76 Å². The maximum atomic E-state index is 12.5. The third-order valence-electron chi connectivity index (χ3n) is 5.68. The molecule has 3 heterocycles. The highest BCUT2D eigenvalue weighted by Gasteiger charge is 2.30. The monoisotopic (exact) mass is 528 g/mol. The summed E-state index contributed by atoms with van der Waals surface area (Å²) in [6, 6.07) is 15.5. The van der Waals surface area contributed by atoms with Crippen LogP contribution < -0.4 is 4.90 Å². The van der Waals surface area contributed by atoms with Gasteiger partial charge in [-0.05, 0) is 48.2 Å². The Morgan fingerprint density at radius 1 is 1.00 bits per heavy atom. The Kier molecular flexibility index (Phi) is 6.55. The average Bonchev–Trinajstić information content (AvgIpc) is 3.48. The van der Waals surface area contributed by atoms with E-state index in [1.54, 1.807) is 48.5 Å². The number of anilines is 1. The molecule has 0 atom stereocenters. The minimum absolute atomic E-state index is 0.0904. The number of nitro groups is 1. The van der Waals surface area contributed by atoms with Crippen LogP contribution in [0.5, 0.6) is 0 Å². The van der Waals surface area contributed by atoms with Crippen LogP contribution in [0.4, 0.5) is 11.4 Å². The Hall–Kier alpha value is -3.27.